The van der Waals surface area contributed by atoms with Crippen LogP contribution in [0.2, 0.25) is 0 Å². The van der Waals surface area contributed by atoms with E-state index in [1.165, 1.54) is 11.3 Å². The lowest BCUT2D eigenvalue weighted by Gasteiger charge is -2.37. The zero-order valence-electron chi connectivity index (χ0n) is 13.0. The first-order valence-electron chi connectivity index (χ1n) is 7.79. The third kappa shape index (κ3) is 3.13. The Hall–Kier alpha value is -2.31. The Morgan fingerprint density at radius 2 is 1.64 bits per heavy atom. The predicted octanol–water partition coefficient (Wildman–Crippen LogP) is 3.19. The smallest absolute Gasteiger partial charge is 0.0995 e. The van der Waals surface area contributed by atoms with E-state index < -0.39 is 0 Å². The maximum atomic E-state index is 9.19. The molecule has 3 heteroatoms. The molecule has 2 aromatic rings. The number of benzene rings is 2. The second-order valence-corrected chi connectivity index (χ2v) is 5.82. The number of anilines is 1. The van der Waals surface area contributed by atoms with Crippen molar-refractivity contribution in [1.82, 2.24) is 4.90 Å². The second-order valence-electron chi connectivity index (χ2n) is 5.82. The Kier molecular flexibility index (Phi) is 4.41. The minimum atomic E-state index is 0.795. The van der Waals surface area contributed by atoms with Crippen LogP contribution in [0, 0.1) is 18.3 Å². The minimum Gasteiger partial charge on any atom is -0.369 e. The minimum absolute atomic E-state index is 0.795. The summed E-state index contributed by atoms with van der Waals surface area (Å²) in [5.74, 6) is 0. The first-order valence-corrected chi connectivity index (χ1v) is 7.79. The van der Waals surface area contributed by atoms with Gasteiger partial charge in [0.15, 0.2) is 0 Å². The van der Waals surface area contributed by atoms with E-state index in [1.807, 2.05) is 18.2 Å². The average molecular weight is 291 g/mol. The molecule has 0 spiro atoms. The number of para-hydroxylation sites is 1. The number of piperazine rings is 1. The van der Waals surface area contributed by atoms with E-state index in [0.717, 1.165) is 43.9 Å². The van der Waals surface area contributed by atoms with Gasteiger partial charge in [0, 0.05) is 38.4 Å². The van der Waals surface area contributed by atoms with Crippen LogP contribution in [0.25, 0.3) is 0 Å². The van der Waals surface area contributed by atoms with E-state index in [-0.39, 0.29) is 0 Å². The first kappa shape index (κ1) is 14.6. The largest absolute Gasteiger partial charge is 0.369 e. The summed E-state index contributed by atoms with van der Waals surface area (Å²) in [6.45, 7) is 7.19. The fraction of sp³-hybridized carbons (Fsp3) is 0.316. The Labute approximate surface area is 132 Å². The lowest BCUT2D eigenvalue weighted by Crippen LogP contribution is -2.46. The molecule has 1 aliphatic rings. The van der Waals surface area contributed by atoms with Gasteiger partial charge in [-0.3, -0.25) is 4.90 Å². The fourth-order valence-electron chi connectivity index (χ4n) is 3.07. The molecule has 0 bridgehead atoms. The van der Waals surface area contributed by atoms with Crippen molar-refractivity contribution in [3.05, 3.63) is 65.2 Å². The number of nitrogens with zero attached hydrogens (tertiary/aromatic N) is 3. The van der Waals surface area contributed by atoms with E-state index >= 15 is 0 Å². The monoisotopic (exact) mass is 291 g/mol. The molecule has 0 unspecified atom stereocenters. The van der Waals surface area contributed by atoms with E-state index in [1.54, 1.807) is 0 Å². The summed E-state index contributed by atoms with van der Waals surface area (Å²) >= 11 is 0. The summed E-state index contributed by atoms with van der Waals surface area (Å²) in [6, 6.07) is 18.8. The van der Waals surface area contributed by atoms with Crippen LogP contribution in [0.5, 0.6) is 0 Å². The molecule has 0 radical (unpaired) electrons. The highest BCUT2D eigenvalue weighted by atomic mass is 15.3. The summed E-state index contributed by atoms with van der Waals surface area (Å²) in [6.07, 6.45) is 0. The van der Waals surface area contributed by atoms with Gasteiger partial charge in [0.05, 0.1) is 11.6 Å². The van der Waals surface area contributed by atoms with Crippen LogP contribution >= 0.6 is 0 Å². The van der Waals surface area contributed by atoms with Gasteiger partial charge in [-0.25, -0.2) is 0 Å². The number of hydrogen-bond donors (Lipinski definition) is 0. The van der Waals surface area contributed by atoms with Crippen LogP contribution in [0.1, 0.15) is 16.7 Å². The van der Waals surface area contributed by atoms with Crippen molar-refractivity contribution < 1.29 is 0 Å². The average Bonchev–Trinajstić information content (AvgIpc) is 2.57. The molecular weight excluding hydrogens is 270 g/mol. The molecular formula is C19H21N3. The molecule has 2 aromatic carbocycles. The van der Waals surface area contributed by atoms with Crippen molar-refractivity contribution in [3.8, 4) is 6.07 Å². The molecule has 1 heterocycles. The molecule has 0 amide bonds. The van der Waals surface area contributed by atoms with Crippen LogP contribution in [-0.4, -0.2) is 31.1 Å². The van der Waals surface area contributed by atoms with E-state index in [4.69, 9.17) is 0 Å². The predicted molar refractivity (Wildman–Crippen MR) is 89.8 cm³/mol. The Morgan fingerprint density at radius 1 is 0.955 bits per heavy atom. The lowest BCUT2D eigenvalue weighted by molar-refractivity contribution is 0.249. The number of hydrogen-bond acceptors (Lipinski definition) is 3. The van der Waals surface area contributed by atoms with E-state index in [0.29, 0.717) is 0 Å². The zero-order chi connectivity index (χ0) is 15.4. The Bertz CT molecular complexity index is 679. The Morgan fingerprint density at radius 3 is 2.36 bits per heavy atom. The van der Waals surface area contributed by atoms with Gasteiger partial charge in [0.1, 0.15) is 0 Å². The molecule has 22 heavy (non-hydrogen) atoms. The van der Waals surface area contributed by atoms with Crippen LogP contribution in [-0.2, 0) is 6.54 Å². The summed E-state index contributed by atoms with van der Waals surface area (Å²) < 4.78 is 0. The van der Waals surface area contributed by atoms with Gasteiger partial charge in [0.2, 0.25) is 0 Å². The second kappa shape index (κ2) is 6.64. The lowest BCUT2D eigenvalue weighted by atomic mass is 10.1. The summed E-state index contributed by atoms with van der Waals surface area (Å²) in [5, 5.41) is 9.19. The van der Waals surface area contributed by atoms with Crippen LogP contribution in [0.15, 0.2) is 48.5 Å². The van der Waals surface area contributed by atoms with Gasteiger partial charge in [-0.2, -0.15) is 5.26 Å². The van der Waals surface area contributed by atoms with Gasteiger partial charge >= 0.3 is 0 Å². The molecule has 3 rings (SSSR count). The molecule has 112 valence electrons. The normalized spacial score (nSPS) is 15.5. The molecule has 1 saturated heterocycles. The molecule has 0 atom stereocenters. The molecule has 1 fully saturated rings. The third-order valence-corrected chi connectivity index (χ3v) is 4.36. The summed E-state index contributed by atoms with van der Waals surface area (Å²) in [5.41, 5.74) is 4.61. The number of nitriles is 1. The van der Waals surface area contributed by atoms with Gasteiger partial charge < -0.3 is 4.90 Å². The van der Waals surface area contributed by atoms with Crippen molar-refractivity contribution in [1.29, 1.82) is 5.26 Å². The number of rotatable bonds is 3. The molecule has 1 aliphatic heterocycles. The van der Waals surface area contributed by atoms with Crippen molar-refractivity contribution in [2.75, 3.05) is 31.1 Å². The standard InChI is InChI=1S/C19H21N3/c1-16-6-2-5-9-19(16)22-12-10-21(11-13-22)15-18-8-4-3-7-17(18)14-20/h2-9H,10-13,15H2,1H3. The molecule has 0 N–H and O–H groups in total. The fourth-order valence-corrected chi connectivity index (χ4v) is 3.07. The number of aryl methyl sites for hydroxylation is 1. The van der Waals surface area contributed by atoms with Crippen molar-refractivity contribution in [3.63, 3.8) is 0 Å². The van der Waals surface area contributed by atoms with Crippen molar-refractivity contribution in [2.45, 2.75) is 13.5 Å². The van der Waals surface area contributed by atoms with E-state index in [9.17, 15) is 5.26 Å². The molecule has 0 aliphatic carbocycles. The Balaban J connectivity index is 1.63. The van der Waals surface area contributed by atoms with E-state index in [2.05, 4.69) is 53.1 Å². The molecule has 0 saturated carbocycles. The topological polar surface area (TPSA) is 30.3 Å². The van der Waals surface area contributed by atoms with Gasteiger partial charge in [-0.15, -0.1) is 0 Å². The van der Waals surface area contributed by atoms with Gasteiger partial charge in [-0.1, -0.05) is 36.4 Å². The molecule has 3 nitrogen and oxygen atoms in total. The van der Waals surface area contributed by atoms with Crippen LogP contribution in [0.3, 0.4) is 0 Å². The highest BCUT2D eigenvalue weighted by Gasteiger charge is 2.18. The molecule has 0 aromatic heterocycles. The third-order valence-electron chi connectivity index (χ3n) is 4.36. The van der Waals surface area contributed by atoms with Gasteiger partial charge in [-0.05, 0) is 30.2 Å². The highest BCUT2D eigenvalue weighted by molar-refractivity contribution is 5.53. The zero-order valence-corrected chi connectivity index (χ0v) is 13.0. The summed E-state index contributed by atoms with van der Waals surface area (Å²) in [7, 11) is 0. The maximum absolute atomic E-state index is 9.19. The van der Waals surface area contributed by atoms with Crippen molar-refractivity contribution in [2.24, 2.45) is 0 Å². The van der Waals surface area contributed by atoms with Crippen LogP contribution in [0.4, 0.5) is 5.69 Å². The summed E-state index contributed by atoms with van der Waals surface area (Å²) in [4.78, 5) is 4.90. The SMILES string of the molecule is Cc1ccccc1N1CCN(Cc2ccccc2C#N)CC1. The van der Waals surface area contributed by atoms with Crippen LogP contribution < -0.4 is 4.90 Å². The maximum Gasteiger partial charge on any atom is 0.0995 e. The van der Waals surface area contributed by atoms with Crippen molar-refractivity contribution >= 4 is 5.69 Å². The quantitative estimate of drug-likeness (QED) is 0.870. The van der Waals surface area contributed by atoms with Gasteiger partial charge in [0.25, 0.3) is 0 Å². The first-order chi connectivity index (χ1) is 10.8. The highest BCUT2D eigenvalue weighted by Crippen LogP contribution is 2.21.